The Hall–Kier alpha value is -2.63. The number of rotatable bonds is 3. The van der Waals surface area contributed by atoms with Gasteiger partial charge in [-0.15, -0.1) is 0 Å². The van der Waals surface area contributed by atoms with E-state index in [0.717, 1.165) is 5.52 Å². The molecule has 2 aromatic rings. The van der Waals surface area contributed by atoms with Crippen LogP contribution in [0, 0.1) is 5.92 Å². The Morgan fingerprint density at radius 2 is 2.04 bits per heavy atom. The van der Waals surface area contributed by atoms with Crippen molar-refractivity contribution in [1.29, 1.82) is 0 Å². The molecule has 0 atom stereocenters. The van der Waals surface area contributed by atoms with Gasteiger partial charge in [0.1, 0.15) is 5.52 Å². The Morgan fingerprint density at radius 1 is 1.30 bits per heavy atom. The van der Waals surface area contributed by atoms with E-state index in [1.54, 1.807) is 18.0 Å². The van der Waals surface area contributed by atoms with Gasteiger partial charge in [-0.3, -0.25) is 9.59 Å². The maximum absolute atomic E-state index is 12.2. The van der Waals surface area contributed by atoms with Crippen LogP contribution in [-0.4, -0.2) is 41.8 Å². The molecule has 0 saturated carbocycles. The second kappa shape index (κ2) is 6.64. The van der Waals surface area contributed by atoms with Crippen molar-refractivity contribution in [2.75, 3.05) is 20.1 Å². The van der Waals surface area contributed by atoms with Gasteiger partial charge in [0, 0.05) is 38.2 Å². The number of para-hydroxylation sites is 2. The Morgan fingerprint density at radius 3 is 2.74 bits per heavy atom. The molecule has 1 aliphatic heterocycles. The minimum atomic E-state index is -0.0809. The number of aromatic nitrogens is 1. The van der Waals surface area contributed by atoms with Gasteiger partial charge in [0.2, 0.25) is 17.7 Å². The van der Waals surface area contributed by atoms with Gasteiger partial charge in [-0.1, -0.05) is 12.1 Å². The molecule has 1 N–H and O–H groups in total. The summed E-state index contributed by atoms with van der Waals surface area (Å²) in [6.07, 6.45) is 4.46. The normalized spacial score (nSPS) is 16.1. The first-order chi connectivity index (χ1) is 11.2. The van der Waals surface area contributed by atoms with Gasteiger partial charge in [-0.25, -0.2) is 4.98 Å². The number of carbonyl (C=O) groups is 2. The first-order valence-electron chi connectivity index (χ1n) is 7.71. The van der Waals surface area contributed by atoms with Crippen molar-refractivity contribution in [3.8, 4) is 0 Å². The van der Waals surface area contributed by atoms with Crippen LogP contribution in [0.3, 0.4) is 0 Å². The van der Waals surface area contributed by atoms with Crippen LogP contribution in [0.4, 0.5) is 0 Å². The number of piperidine rings is 1. The summed E-state index contributed by atoms with van der Waals surface area (Å²) in [7, 11) is 1.64. The summed E-state index contributed by atoms with van der Waals surface area (Å²) in [5.74, 6) is 0.395. The molecule has 120 valence electrons. The zero-order chi connectivity index (χ0) is 16.2. The van der Waals surface area contributed by atoms with Gasteiger partial charge >= 0.3 is 0 Å². The lowest BCUT2D eigenvalue weighted by Crippen LogP contribution is -2.41. The van der Waals surface area contributed by atoms with Crippen LogP contribution in [-0.2, 0) is 9.59 Å². The molecule has 3 rings (SSSR count). The van der Waals surface area contributed by atoms with E-state index in [-0.39, 0.29) is 17.7 Å². The lowest BCUT2D eigenvalue weighted by Gasteiger charge is -2.30. The number of nitrogens with zero attached hydrogens (tertiary/aromatic N) is 2. The molecule has 0 radical (unpaired) electrons. The Kier molecular flexibility index (Phi) is 4.41. The van der Waals surface area contributed by atoms with Crippen LogP contribution in [0.1, 0.15) is 18.7 Å². The van der Waals surface area contributed by atoms with Crippen molar-refractivity contribution in [2.24, 2.45) is 5.92 Å². The third-order valence-corrected chi connectivity index (χ3v) is 4.10. The predicted molar refractivity (Wildman–Crippen MR) is 86.4 cm³/mol. The van der Waals surface area contributed by atoms with Gasteiger partial charge in [0.25, 0.3) is 0 Å². The van der Waals surface area contributed by atoms with E-state index < -0.39 is 0 Å². The van der Waals surface area contributed by atoms with Crippen LogP contribution in [0.15, 0.2) is 34.8 Å². The van der Waals surface area contributed by atoms with Crippen LogP contribution in [0.2, 0.25) is 0 Å². The topological polar surface area (TPSA) is 75.4 Å². The average molecular weight is 313 g/mol. The monoisotopic (exact) mass is 313 g/mol. The second-order valence-electron chi connectivity index (χ2n) is 5.57. The number of carbonyl (C=O) groups excluding carboxylic acids is 2. The molecule has 6 nitrogen and oxygen atoms in total. The maximum Gasteiger partial charge on any atom is 0.246 e. The minimum absolute atomic E-state index is 0.00469. The molecule has 2 amide bonds. The fourth-order valence-corrected chi connectivity index (χ4v) is 2.78. The highest BCUT2D eigenvalue weighted by Gasteiger charge is 2.25. The highest BCUT2D eigenvalue weighted by molar-refractivity contribution is 5.91. The molecular weight excluding hydrogens is 294 g/mol. The number of benzene rings is 1. The summed E-state index contributed by atoms with van der Waals surface area (Å²) in [5.41, 5.74) is 1.47. The van der Waals surface area contributed by atoms with Crippen molar-refractivity contribution in [1.82, 2.24) is 15.2 Å². The molecule has 6 heteroatoms. The number of hydrogen-bond donors (Lipinski definition) is 1. The summed E-state index contributed by atoms with van der Waals surface area (Å²) >= 11 is 0. The minimum Gasteiger partial charge on any atom is -0.437 e. The zero-order valence-corrected chi connectivity index (χ0v) is 13.0. The van der Waals surface area contributed by atoms with E-state index in [4.69, 9.17) is 4.42 Å². The summed E-state index contributed by atoms with van der Waals surface area (Å²) in [5, 5.41) is 2.66. The van der Waals surface area contributed by atoms with Gasteiger partial charge < -0.3 is 14.6 Å². The summed E-state index contributed by atoms with van der Waals surface area (Å²) in [6.45, 7) is 1.18. The molecule has 0 spiro atoms. The molecule has 1 aromatic heterocycles. The zero-order valence-electron chi connectivity index (χ0n) is 13.0. The highest BCUT2D eigenvalue weighted by Crippen LogP contribution is 2.18. The van der Waals surface area contributed by atoms with Crippen molar-refractivity contribution >= 4 is 29.0 Å². The van der Waals surface area contributed by atoms with E-state index in [9.17, 15) is 9.59 Å². The quantitative estimate of drug-likeness (QED) is 0.877. The Labute approximate surface area is 134 Å². The van der Waals surface area contributed by atoms with Gasteiger partial charge in [0.05, 0.1) is 0 Å². The predicted octanol–water partition coefficient (Wildman–Crippen LogP) is 1.83. The Balaban J connectivity index is 1.60. The van der Waals surface area contributed by atoms with Crippen LogP contribution in [0.25, 0.3) is 17.2 Å². The van der Waals surface area contributed by atoms with Crippen molar-refractivity contribution in [3.05, 3.63) is 36.2 Å². The molecule has 0 bridgehead atoms. The highest BCUT2D eigenvalue weighted by atomic mass is 16.3. The summed E-state index contributed by atoms with van der Waals surface area (Å²) in [6, 6.07) is 7.47. The number of hydrogen-bond acceptors (Lipinski definition) is 4. The van der Waals surface area contributed by atoms with E-state index in [2.05, 4.69) is 10.3 Å². The van der Waals surface area contributed by atoms with Crippen molar-refractivity contribution < 1.29 is 14.0 Å². The smallest absolute Gasteiger partial charge is 0.246 e. The summed E-state index contributed by atoms with van der Waals surface area (Å²) < 4.78 is 5.55. The molecule has 1 saturated heterocycles. The number of nitrogens with one attached hydrogen (secondary N) is 1. The first kappa shape index (κ1) is 15.3. The van der Waals surface area contributed by atoms with E-state index >= 15 is 0 Å². The van der Waals surface area contributed by atoms with Crippen molar-refractivity contribution in [3.63, 3.8) is 0 Å². The molecule has 1 fully saturated rings. The Bertz CT molecular complexity index is 709. The first-order valence-corrected chi connectivity index (χ1v) is 7.71. The lowest BCUT2D eigenvalue weighted by atomic mass is 9.96. The second-order valence-corrected chi connectivity index (χ2v) is 5.57. The molecule has 0 unspecified atom stereocenters. The SMILES string of the molecule is CNC(=O)C1CCN(C(=O)/C=C/c2nc3ccccc3o2)CC1. The molecule has 0 aliphatic carbocycles. The van der Waals surface area contributed by atoms with Crippen LogP contribution in [0.5, 0.6) is 0 Å². The van der Waals surface area contributed by atoms with Crippen LogP contribution < -0.4 is 5.32 Å². The van der Waals surface area contributed by atoms with Crippen molar-refractivity contribution in [2.45, 2.75) is 12.8 Å². The maximum atomic E-state index is 12.2. The van der Waals surface area contributed by atoms with E-state index in [1.807, 2.05) is 24.3 Å². The lowest BCUT2D eigenvalue weighted by molar-refractivity contribution is -0.131. The fourth-order valence-electron chi connectivity index (χ4n) is 2.78. The van der Waals surface area contributed by atoms with Gasteiger partial charge in [-0.05, 0) is 25.0 Å². The number of likely N-dealkylation sites (tertiary alicyclic amines) is 1. The van der Waals surface area contributed by atoms with Crippen LogP contribution >= 0.6 is 0 Å². The third kappa shape index (κ3) is 3.41. The van der Waals surface area contributed by atoms with Gasteiger partial charge in [-0.2, -0.15) is 0 Å². The third-order valence-electron chi connectivity index (χ3n) is 4.10. The van der Waals surface area contributed by atoms with E-state index in [0.29, 0.717) is 37.4 Å². The summed E-state index contributed by atoms with van der Waals surface area (Å²) in [4.78, 5) is 29.8. The largest absolute Gasteiger partial charge is 0.437 e. The molecule has 1 aliphatic rings. The molecule has 2 heterocycles. The molecule has 1 aromatic carbocycles. The number of amides is 2. The van der Waals surface area contributed by atoms with Gasteiger partial charge in [0.15, 0.2) is 5.58 Å². The average Bonchev–Trinajstić information content (AvgIpc) is 3.02. The van der Waals surface area contributed by atoms with E-state index in [1.165, 1.54) is 6.08 Å². The number of fused-ring (bicyclic) bond motifs is 1. The number of oxazole rings is 1. The molecular formula is C17H19N3O3. The molecule has 23 heavy (non-hydrogen) atoms. The fraction of sp³-hybridized carbons (Fsp3) is 0.353. The standard InChI is InChI=1S/C17H19N3O3/c1-18-17(22)12-8-10-20(11-9-12)16(21)7-6-15-19-13-4-2-3-5-14(13)23-15/h2-7,12H,8-11H2,1H3,(H,18,22)/b7-6+.